The number of amides is 2. The number of carbonyl (C=O) groups is 2. The molecule has 112 valence electrons. The van der Waals surface area contributed by atoms with Crippen molar-refractivity contribution in [3.05, 3.63) is 35.4 Å². The second-order valence-corrected chi connectivity index (χ2v) is 4.58. The molecule has 1 rings (SSSR count). The van der Waals surface area contributed by atoms with Crippen molar-refractivity contribution >= 4 is 11.8 Å². The Bertz CT molecular complexity index is 520. The number of carbonyl (C=O) groups excluding carboxylic acids is 2. The number of nitrogens with zero attached hydrogens (tertiary/aromatic N) is 2. The third kappa shape index (κ3) is 6.06. The Morgan fingerprint density at radius 1 is 1.33 bits per heavy atom. The van der Waals surface area contributed by atoms with Gasteiger partial charge in [-0.05, 0) is 17.7 Å². The van der Waals surface area contributed by atoms with Crippen molar-refractivity contribution in [1.82, 2.24) is 10.2 Å². The lowest BCUT2D eigenvalue weighted by Gasteiger charge is -2.16. The van der Waals surface area contributed by atoms with Gasteiger partial charge in [0.1, 0.15) is 0 Å². The first-order valence-corrected chi connectivity index (χ1v) is 6.55. The van der Waals surface area contributed by atoms with Crippen molar-refractivity contribution in [3.8, 4) is 6.07 Å². The molecule has 0 atom stereocenters. The molecule has 1 aromatic rings. The summed E-state index contributed by atoms with van der Waals surface area (Å²) < 4.78 is 4.82. The third-order valence-corrected chi connectivity index (χ3v) is 2.87. The van der Waals surface area contributed by atoms with E-state index in [9.17, 15) is 9.59 Å². The quantitative estimate of drug-likeness (QED) is 0.733. The maximum absolute atomic E-state index is 12.0. The lowest BCUT2D eigenvalue weighted by atomic mass is 10.1. The number of benzene rings is 1. The van der Waals surface area contributed by atoms with Gasteiger partial charge in [0.25, 0.3) is 0 Å². The van der Waals surface area contributed by atoms with Crippen LogP contribution in [0.15, 0.2) is 24.3 Å². The van der Waals surface area contributed by atoms with Gasteiger partial charge in [-0.1, -0.05) is 12.1 Å². The Kier molecular flexibility index (Phi) is 6.92. The molecule has 2 amide bonds. The highest BCUT2D eigenvalue weighted by Gasteiger charge is 2.13. The van der Waals surface area contributed by atoms with Crippen molar-refractivity contribution in [2.24, 2.45) is 0 Å². The average molecular weight is 289 g/mol. The smallest absolute Gasteiger partial charge is 0.239 e. The van der Waals surface area contributed by atoms with Gasteiger partial charge in [-0.15, -0.1) is 0 Å². The normalized spacial score (nSPS) is 9.76. The van der Waals surface area contributed by atoms with E-state index in [1.807, 2.05) is 6.07 Å². The van der Waals surface area contributed by atoms with Crippen molar-refractivity contribution in [1.29, 1.82) is 5.26 Å². The van der Waals surface area contributed by atoms with E-state index in [1.165, 1.54) is 4.90 Å². The Morgan fingerprint density at radius 3 is 2.57 bits per heavy atom. The summed E-state index contributed by atoms with van der Waals surface area (Å²) in [4.78, 5) is 24.9. The summed E-state index contributed by atoms with van der Waals surface area (Å²) in [5.41, 5.74) is 1.36. The Hall–Kier alpha value is -2.39. The van der Waals surface area contributed by atoms with Crippen LogP contribution in [-0.4, -0.2) is 50.6 Å². The van der Waals surface area contributed by atoms with Crippen molar-refractivity contribution in [3.63, 3.8) is 0 Å². The van der Waals surface area contributed by atoms with Crippen molar-refractivity contribution in [2.45, 2.75) is 6.42 Å². The zero-order valence-electron chi connectivity index (χ0n) is 12.3. The van der Waals surface area contributed by atoms with Gasteiger partial charge < -0.3 is 15.0 Å². The highest BCUT2D eigenvalue weighted by Crippen LogP contribution is 2.05. The highest BCUT2D eigenvalue weighted by atomic mass is 16.5. The molecule has 6 heteroatoms. The minimum atomic E-state index is -0.220. The van der Waals surface area contributed by atoms with Crippen LogP contribution in [-0.2, 0) is 20.7 Å². The molecule has 0 aliphatic heterocycles. The monoisotopic (exact) mass is 289 g/mol. The van der Waals surface area contributed by atoms with Gasteiger partial charge in [0.2, 0.25) is 11.8 Å². The van der Waals surface area contributed by atoms with Crippen LogP contribution < -0.4 is 5.32 Å². The zero-order chi connectivity index (χ0) is 15.7. The van der Waals surface area contributed by atoms with Gasteiger partial charge in [0.05, 0.1) is 31.2 Å². The van der Waals surface area contributed by atoms with Crippen LogP contribution in [0.1, 0.15) is 11.1 Å². The van der Waals surface area contributed by atoms with E-state index in [4.69, 9.17) is 10.00 Å². The Balaban J connectivity index is 2.43. The van der Waals surface area contributed by atoms with E-state index in [2.05, 4.69) is 5.32 Å². The summed E-state index contributed by atoms with van der Waals surface area (Å²) in [5.74, 6) is -0.371. The largest absolute Gasteiger partial charge is 0.383 e. The molecule has 0 radical (unpaired) electrons. The van der Waals surface area contributed by atoms with Crippen molar-refractivity contribution in [2.75, 3.05) is 33.9 Å². The van der Waals surface area contributed by atoms with Crippen LogP contribution in [0.3, 0.4) is 0 Å². The minimum Gasteiger partial charge on any atom is -0.383 e. The molecule has 0 heterocycles. The van der Waals surface area contributed by atoms with E-state index < -0.39 is 0 Å². The molecule has 0 spiro atoms. The van der Waals surface area contributed by atoms with Gasteiger partial charge in [-0.3, -0.25) is 9.59 Å². The molecule has 6 nitrogen and oxygen atoms in total. The summed E-state index contributed by atoms with van der Waals surface area (Å²) >= 11 is 0. The van der Waals surface area contributed by atoms with Crippen LogP contribution in [0.2, 0.25) is 0 Å². The molecule has 0 unspecified atom stereocenters. The first kappa shape index (κ1) is 16.7. The number of hydrogen-bond donors (Lipinski definition) is 1. The molecule has 0 aliphatic rings. The lowest BCUT2D eigenvalue weighted by Crippen LogP contribution is -2.39. The molecule has 0 fully saturated rings. The number of nitriles is 1. The number of nitrogens with one attached hydrogen (secondary N) is 1. The molecule has 0 aromatic heterocycles. The predicted octanol–water partition coefficient (Wildman–Crippen LogP) is 0.322. The van der Waals surface area contributed by atoms with Gasteiger partial charge in [0.15, 0.2) is 0 Å². The SMILES string of the molecule is COCCNC(=O)CN(C)C(=O)Cc1ccc(C#N)cc1. The van der Waals surface area contributed by atoms with Crippen LogP contribution in [0, 0.1) is 11.3 Å². The van der Waals surface area contributed by atoms with E-state index >= 15 is 0 Å². The number of rotatable bonds is 7. The Morgan fingerprint density at radius 2 is 2.00 bits per heavy atom. The fourth-order valence-electron chi connectivity index (χ4n) is 1.66. The molecule has 0 saturated heterocycles. The van der Waals surface area contributed by atoms with E-state index in [-0.39, 0.29) is 24.8 Å². The van der Waals surface area contributed by atoms with Crippen molar-refractivity contribution < 1.29 is 14.3 Å². The number of hydrogen-bond acceptors (Lipinski definition) is 4. The van der Waals surface area contributed by atoms with Crippen LogP contribution >= 0.6 is 0 Å². The Labute approximate surface area is 124 Å². The fraction of sp³-hybridized carbons (Fsp3) is 0.400. The summed E-state index contributed by atoms with van der Waals surface area (Å²) in [7, 11) is 3.14. The predicted molar refractivity (Wildman–Crippen MR) is 77.4 cm³/mol. The average Bonchev–Trinajstić information content (AvgIpc) is 2.48. The number of ether oxygens (including phenoxy) is 1. The van der Waals surface area contributed by atoms with E-state index in [1.54, 1.807) is 38.4 Å². The molecule has 0 bridgehead atoms. The van der Waals surface area contributed by atoms with E-state index in [0.29, 0.717) is 18.7 Å². The zero-order valence-corrected chi connectivity index (χ0v) is 12.3. The minimum absolute atomic E-state index is 0.0127. The fourth-order valence-corrected chi connectivity index (χ4v) is 1.66. The maximum Gasteiger partial charge on any atom is 0.239 e. The van der Waals surface area contributed by atoms with Crippen LogP contribution in [0.4, 0.5) is 0 Å². The second kappa shape index (κ2) is 8.72. The third-order valence-electron chi connectivity index (χ3n) is 2.87. The first-order valence-electron chi connectivity index (χ1n) is 6.55. The maximum atomic E-state index is 12.0. The number of methoxy groups -OCH3 is 1. The van der Waals surface area contributed by atoms with Gasteiger partial charge in [0, 0.05) is 20.7 Å². The van der Waals surface area contributed by atoms with E-state index in [0.717, 1.165) is 5.56 Å². The molecule has 21 heavy (non-hydrogen) atoms. The lowest BCUT2D eigenvalue weighted by molar-refractivity contribution is -0.134. The number of likely N-dealkylation sites (N-methyl/N-ethyl adjacent to an activating group) is 1. The second-order valence-electron chi connectivity index (χ2n) is 4.58. The topological polar surface area (TPSA) is 82.4 Å². The summed E-state index contributed by atoms with van der Waals surface area (Å²) in [6.45, 7) is 0.875. The standard InChI is InChI=1S/C15H19N3O3/c1-18(11-14(19)17-7-8-21-2)15(20)9-12-3-5-13(10-16)6-4-12/h3-6H,7-9,11H2,1-2H3,(H,17,19). The molecular formula is C15H19N3O3. The molecule has 1 N–H and O–H groups in total. The molecule has 0 saturated carbocycles. The van der Waals surface area contributed by atoms with Crippen LogP contribution in [0.5, 0.6) is 0 Å². The summed E-state index contributed by atoms with van der Waals surface area (Å²) in [5, 5.41) is 11.4. The molecule has 0 aliphatic carbocycles. The van der Waals surface area contributed by atoms with Gasteiger partial charge >= 0.3 is 0 Å². The molecular weight excluding hydrogens is 270 g/mol. The summed E-state index contributed by atoms with van der Waals surface area (Å²) in [6.07, 6.45) is 0.202. The summed E-state index contributed by atoms with van der Waals surface area (Å²) in [6, 6.07) is 8.83. The van der Waals surface area contributed by atoms with Gasteiger partial charge in [-0.25, -0.2) is 0 Å². The first-order chi connectivity index (χ1) is 10.1. The van der Waals surface area contributed by atoms with Crippen LogP contribution in [0.25, 0.3) is 0 Å². The molecule has 1 aromatic carbocycles. The highest BCUT2D eigenvalue weighted by molar-refractivity contribution is 5.85. The van der Waals surface area contributed by atoms with Gasteiger partial charge in [-0.2, -0.15) is 5.26 Å².